The number of aromatic nitrogens is 1. The number of carbonyl (C=O) groups is 1. The first-order chi connectivity index (χ1) is 7.16. The quantitative estimate of drug-likeness (QED) is 0.694. The Balaban J connectivity index is 2.85. The number of rotatable bonds is 5. The van der Waals surface area contributed by atoms with Gasteiger partial charge in [0.05, 0.1) is 0 Å². The standard InChI is InChI=1S/C10H14N2O3/c1-15-7-3-6-12-5-2-4-8(9(11)13)10(12)14/h2,4-5H,3,6-7H2,1H3,(H2,11,13). The number of amides is 1. The summed E-state index contributed by atoms with van der Waals surface area (Å²) in [5.74, 6) is -0.693. The average Bonchev–Trinajstić information content (AvgIpc) is 2.20. The zero-order valence-electron chi connectivity index (χ0n) is 8.60. The highest BCUT2D eigenvalue weighted by Gasteiger charge is 2.07. The van der Waals surface area contributed by atoms with Gasteiger partial charge in [-0.15, -0.1) is 0 Å². The SMILES string of the molecule is COCCCn1cccc(C(N)=O)c1=O. The Morgan fingerprint density at radius 3 is 2.93 bits per heavy atom. The van der Waals surface area contributed by atoms with Crippen LogP contribution in [0.15, 0.2) is 23.1 Å². The predicted octanol–water partition coefficient (Wildman–Crippen LogP) is -0.0163. The van der Waals surface area contributed by atoms with Crippen molar-refractivity contribution in [3.05, 3.63) is 34.2 Å². The molecular formula is C10H14N2O3. The second-order valence-electron chi connectivity index (χ2n) is 3.13. The lowest BCUT2D eigenvalue weighted by Gasteiger charge is -2.05. The maximum absolute atomic E-state index is 11.6. The molecule has 0 bridgehead atoms. The molecule has 1 aromatic heterocycles. The van der Waals surface area contributed by atoms with Crippen molar-refractivity contribution in [3.63, 3.8) is 0 Å². The van der Waals surface area contributed by atoms with Gasteiger partial charge in [0.15, 0.2) is 0 Å². The molecule has 0 fully saturated rings. The van der Waals surface area contributed by atoms with E-state index in [4.69, 9.17) is 10.5 Å². The number of carbonyl (C=O) groups excluding carboxylic acids is 1. The van der Waals surface area contributed by atoms with Gasteiger partial charge in [0, 0.05) is 26.5 Å². The minimum Gasteiger partial charge on any atom is -0.385 e. The molecule has 1 aromatic rings. The van der Waals surface area contributed by atoms with Crippen molar-refractivity contribution >= 4 is 5.91 Å². The fourth-order valence-corrected chi connectivity index (χ4v) is 1.28. The molecule has 0 aromatic carbocycles. The molecule has 0 aliphatic carbocycles. The highest BCUT2D eigenvalue weighted by molar-refractivity contribution is 5.92. The van der Waals surface area contributed by atoms with Crippen LogP contribution in [0.5, 0.6) is 0 Å². The van der Waals surface area contributed by atoms with Gasteiger partial charge in [-0.1, -0.05) is 0 Å². The van der Waals surface area contributed by atoms with Gasteiger partial charge in [-0.3, -0.25) is 9.59 Å². The smallest absolute Gasteiger partial charge is 0.263 e. The summed E-state index contributed by atoms with van der Waals surface area (Å²) in [7, 11) is 1.60. The van der Waals surface area contributed by atoms with Gasteiger partial charge in [-0.2, -0.15) is 0 Å². The van der Waals surface area contributed by atoms with E-state index >= 15 is 0 Å². The molecule has 0 atom stereocenters. The molecule has 0 spiro atoms. The van der Waals surface area contributed by atoms with Crippen molar-refractivity contribution in [3.8, 4) is 0 Å². The number of hydrogen-bond donors (Lipinski definition) is 1. The van der Waals surface area contributed by atoms with Crippen molar-refractivity contribution < 1.29 is 9.53 Å². The lowest BCUT2D eigenvalue weighted by Crippen LogP contribution is -2.29. The van der Waals surface area contributed by atoms with Crippen LogP contribution in [0.4, 0.5) is 0 Å². The number of nitrogens with two attached hydrogens (primary N) is 1. The Labute approximate surface area is 87.5 Å². The average molecular weight is 210 g/mol. The van der Waals surface area contributed by atoms with Gasteiger partial charge < -0.3 is 15.0 Å². The monoisotopic (exact) mass is 210 g/mol. The minimum absolute atomic E-state index is 0.0231. The Hall–Kier alpha value is -1.62. The largest absolute Gasteiger partial charge is 0.385 e. The van der Waals surface area contributed by atoms with Crippen LogP contribution in [-0.4, -0.2) is 24.2 Å². The predicted molar refractivity (Wildman–Crippen MR) is 55.7 cm³/mol. The van der Waals surface area contributed by atoms with Crippen molar-refractivity contribution in [1.82, 2.24) is 4.57 Å². The zero-order chi connectivity index (χ0) is 11.3. The maximum atomic E-state index is 11.6. The fraction of sp³-hybridized carbons (Fsp3) is 0.400. The molecule has 0 saturated heterocycles. The van der Waals surface area contributed by atoms with Gasteiger partial charge in [0.25, 0.3) is 11.5 Å². The first-order valence-electron chi connectivity index (χ1n) is 4.65. The van der Waals surface area contributed by atoms with Crippen LogP contribution in [-0.2, 0) is 11.3 Å². The molecule has 1 rings (SSSR count). The van der Waals surface area contributed by atoms with Crippen LogP contribution >= 0.6 is 0 Å². The molecule has 0 aliphatic rings. The number of hydrogen-bond acceptors (Lipinski definition) is 3. The van der Waals surface area contributed by atoms with Crippen LogP contribution in [0.3, 0.4) is 0 Å². The van der Waals surface area contributed by atoms with Crippen molar-refractivity contribution in [2.75, 3.05) is 13.7 Å². The van der Waals surface area contributed by atoms with E-state index in [1.54, 1.807) is 19.4 Å². The van der Waals surface area contributed by atoms with Crippen LogP contribution in [0.1, 0.15) is 16.8 Å². The van der Waals surface area contributed by atoms with E-state index in [1.165, 1.54) is 10.6 Å². The number of pyridine rings is 1. The Bertz CT molecular complexity index is 398. The van der Waals surface area contributed by atoms with E-state index < -0.39 is 5.91 Å². The lowest BCUT2D eigenvalue weighted by molar-refractivity contribution is 0.0998. The molecule has 82 valence electrons. The number of primary amides is 1. The van der Waals surface area contributed by atoms with Gasteiger partial charge in [-0.25, -0.2) is 0 Å². The molecule has 5 heteroatoms. The third kappa shape index (κ3) is 2.92. The third-order valence-corrected chi connectivity index (χ3v) is 2.03. The van der Waals surface area contributed by atoms with E-state index in [0.717, 1.165) is 6.42 Å². The molecule has 2 N–H and O–H groups in total. The van der Waals surface area contributed by atoms with Crippen molar-refractivity contribution in [1.29, 1.82) is 0 Å². The van der Waals surface area contributed by atoms with Gasteiger partial charge >= 0.3 is 0 Å². The van der Waals surface area contributed by atoms with Crippen LogP contribution in [0.25, 0.3) is 0 Å². The molecule has 1 amide bonds. The molecule has 5 nitrogen and oxygen atoms in total. The summed E-state index contributed by atoms with van der Waals surface area (Å²) in [6.07, 6.45) is 2.35. The molecular weight excluding hydrogens is 196 g/mol. The second-order valence-corrected chi connectivity index (χ2v) is 3.13. The van der Waals surface area contributed by atoms with Crippen molar-refractivity contribution in [2.45, 2.75) is 13.0 Å². The van der Waals surface area contributed by atoms with Gasteiger partial charge in [-0.05, 0) is 18.6 Å². The topological polar surface area (TPSA) is 74.3 Å². The number of aryl methyl sites for hydroxylation is 1. The van der Waals surface area contributed by atoms with E-state index in [-0.39, 0.29) is 11.1 Å². The number of ether oxygens (including phenoxy) is 1. The summed E-state index contributed by atoms with van der Waals surface area (Å²) < 4.78 is 6.33. The summed E-state index contributed by atoms with van der Waals surface area (Å²) in [4.78, 5) is 22.5. The molecule has 0 aliphatic heterocycles. The van der Waals surface area contributed by atoms with Crippen LogP contribution in [0.2, 0.25) is 0 Å². The molecule has 15 heavy (non-hydrogen) atoms. The lowest BCUT2D eigenvalue weighted by atomic mass is 10.2. The summed E-state index contributed by atoms with van der Waals surface area (Å²) in [5, 5.41) is 0. The number of nitrogens with zero attached hydrogens (tertiary/aromatic N) is 1. The second kappa shape index (κ2) is 5.31. The molecule has 1 heterocycles. The summed E-state index contributed by atoms with van der Waals surface area (Å²) in [5.41, 5.74) is 4.74. The fourth-order valence-electron chi connectivity index (χ4n) is 1.28. The Morgan fingerprint density at radius 2 is 2.33 bits per heavy atom. The van der Waals surface area contributed by atoms with E-state index in [1.807, 2.05) is 0 Å². The van der Waals surface area contributed by atoms with Crippen molar-refractivity contribution in [2.24, 2.45) is 5.73 Å². The molecule has 0 saturated carbocycles. The van der Waals surface area contributed by atoms with Crippen LogP contribution in [0, 0.1) is 0 Å². The first kappa shape index (κ1) is 11.5. The third-order valence-electron chi connectivity index (χ3n) is 2.03. The maximum Gasteiger partial charge on any atom is 0.263 e. The van der Waals surface area contributed by atoms with E-state index in [0.29, 0.717) is 13.2 Å². The van der Waals surface area contributed by atoms with E-state index in [9.17, 15) is 9.59 Å². The Morgan fingerprint density at radius 1 is 1.60 bits per heavy atom. The number of methoxy groups -OCH3 is 1. The summed E-state index contributed by atoms with van der Waals surface area (Å²) in [6, 6.07) is 3.06. The molecule has 0 unspecified atom stereocenters. The molecule has 0 radical (unpaired) electrons. The normalized spacial score (nSPS) is 10.2. The summed E-state index contributed by atoms with van der Waals surface area (Å²) >= 11 is 0. The highest BCUT2D eigenvalue weighted by Crippen LogP contribution is 1.93. The first-order valence-corrected chi connectivity index (χ1v) is 4.65. The van der Waals surface area contributed by atoms with Gasteiger partial charge in [0.1, 0.15) is 5.56 Å². The summed E-state index contributed by atoms with van der Waals surface area (Å²) in [6.45, 7) is 1.10. The van der Waals surface area contributed by atoms with Crippen LogP contribution < -0.4 is 11.3 Å². The van der Waals surface area contributed by atoms with Gasteiger partial charge in [0.2, 0.25) is 0 Å². The Kier molecular flexibility index (Phi) is 4.05. The zero-order valence-corrected chi connectivity index (χ0v) is 8.60. The highest BCUT2D eigenvalue weighted by atomic mass is 16.5. The minimum atomic E-state index is -0.693. The van der Waals surface area contributed by atoms with E-state index in [2.05, 4.69) is 0 Å².